The number of piperidine rings is 2. The number of hydrogen-bond donors (Lipinski definition) is 2. The van der Waals surface area contributed by atoms with Crippen molar-refractivity contribution in [3.63, 3.8) is 0 Å². The van der Waals surface area contributed by atoms with E-state index in [0.29, 0.717) is 25.2 Å². The van der Waals surface area contributed by atoms with Crippen molar-refractivity contribution in [2.45, 2.75) is 57.2 Å². The molecular formula is C22H32FN5O4. The first-order chi connectivity index (χ1) is 15.5. The summed E-state index contributed by atoms with van der Waals surface area (Å²) in [6, 6.07) is 3.09. The number of rotatable bonds is 7. The summed E-state index contributed by atoms with van der Waals surface area (Å²) in [5.74, 6) is -0.286. The summed E-state index contributed by atoms with van der Waals surface area (Å²) in [7, 11) is 0. The fourth-order valence-corrected chi connectivity index (χ4v) is 4.55. The molecule has 9 nitrogen and oxygen atoms in total. The fraction of sp³-hybridized carbons (Fsp3) is 0.682. The zero-order valence-electron chi connectivity index (χ0n) is 18.3. The zero-order chi connectivity index (χ0) is 22.5. The first-order valence-electron chi connectivity index (χ1n) is 11.5. The number of pyridine rings is 1. The molecule has 1 aromatic heterocycles. The first kappa shape index (κ1) is 22.9. The molecule has 0 spiro atoms. The lowest BCUT2D eigenvalue weighted by Crippen LogP contribution is -2.49. The maximum atomic E-state index is 14.0. The number of hydrogen-bond acceptors (Lipinski definition) is 6. The molecule has 0 unspecified atom stereocenters. The Hall–Kier alpha value is -2.30. The van der Waals surface area contributed by atoms with Crippen LogP contribution in [0.3, 0.4) is 0 Å². The maximum absolute atomic E-state index is 14.0. The molecule has 3 saturated heterocycles. The van der Waals surface area contributed by atoms with E-state index in [2.05, 4.69) is 15.5 Å². The van der Waals surface area contributed by atoms with Crippen molar-refractivity contribution in [3.05, 3.63) is 34.2 Å². The van der Waals surface area contributed by atoms with E-state index in [1.54, 1.807) is 16.8 Å². The summed E-state index contributed by atoms with van der Waals surface area (Å²) in [4.78, 5) is 39.9. The van der Waals surface area contributed by atoms with Gasteiger partial charge in [-0.1, -0.05) is 6.07 Å². The van der Waals surface area contributed by atoms with Gasteiger partial charge in [0.2, 0.25) is 5.91 Å². The minimum Gasteiger partial charge on any atom is -0.372 e. The van der Waals surface area contributed by atoms with Crippen LogP contribution in [0.2, 0.25) is 0 Å². The van der Waals surface area contributed by atoms with Gasteiger partial charge < -0.3 is 24.4 Å². The van der Waals surface area contributed by atoms with E-state index in [9.17, 15) is 18.8 Å². The molecule has 2 atom stereocenters. The van der Waals surface area contributed by atoms with Crippen LogP contribution >= 0.6 is 0 Å². The average molecular weight is 450 g/mol. The lowest BCUT2D eigenvalue weighted by molar-refractivity contribution is -0.121. The number of imide groups is 1. The quantitative estimate of drug-likeness (QED) is 0.629. The number of nitrogens with one attached hydrogen (secondary N) is 2. The third kappa shape index (κ3) is 5.73. The standard InChI is InChI=1S/C22H32FN5O4/c23-18-14-24-7-3-19(18)32-17-4-9-26(10-5-17)12-13-27-8-1-2-16(21(27)30)15-28-11-6-20(29)25-22(28)31/h1-2,8,17-19,24H,3-7,9-15H2,(H,25,29,31)/t18-,19-/m1/s1. The van der Waals surface area contributed by atoms with Gasteiger partial charge >= 0.3 is 6.03 Å². The largest absolute Gasteiger partial charge is 0.372 e. The van der Waals surface area contributed by atoms with Crippen LogP contribution in [0.4, 0.5) is 9.18 Å². The second-order valence-electron chi connectivity index (χ2n) is 8.78. The molecule has 1 aromatic rings. The van der Waals surface area contributed by atoms with Crippen LogP contribution in [-0.2, 0) is 22.6 Å². The zero-order valence-corrected chi connectivity index (χ0v) is 18.3. The van der Waals surface area contributed by atoms with E-state index in [1.807, 2.05) is 6.07 Å². The predicted octanol–water partition coefficient (Wildman–Crippen LogP) is 0.471. The monoisotopic (exact) mass is 449 g/mol. The Balaban J connectivity index is 1.25. The molecule has 3 aliphatic rings. The summed E-state index contributed by atoms with van der Waals surface area (Å²) in [6.45, 7) is 4.71. The molecule has 0 aliphatic carbocycles. The Morgan fingerprint density at radius 1 is 1.09 bits per heavy atom. The summed E-state index contributed by atoms with van der Waals surface area (Å²) < 4.78 is 21.7. The molecule has 0 radical (unpaired) electrons. The highest BCUT2D eigenvalue weighted by Crippen LogP contribution is 2.20. The van der Waals surface area contributed by atoms with Crippen molar-refractivity contribution in [1.29, 1.82) is 0 Å². The number of carbonyl (C=O) groups excluding carboxylic acids is 2. The van der Waals surface area contributed by atoms with Crippen molar-refractivity contribution >= 4 is 11.9 Å². The molecule has 0 aromatic carbocycles. The van der Waals surface area contributed by atoms with Crippen LogP contribution in [0.5, 0.6) is 0 Å². The SMILES string of the molecule is O=C1CCN(Cc2cccn(CCN3CCC(O[C@@H]4CCNC[C@H]4F)CC3)c2=O)C(=O)N1. The van der Waals surface area contributed by atoms with Crippen molar-refractivity contribution in [2.24, 2.45) is 0 Å². The highest BCUT2D eigenvalue weighted by molar-refractivity contribution is 5.96. The van der Waals surface area contributed by atoms with Gasteiger partial charge in [0.25, 0.3) is 5.56 Å². The third-order valence-corrected chi connectivity index (χ3v) is 6.51. The Bertz CT molecular complexity index is 870. The number of nitrogens with zero attached hydrogens (tertiary/aromatic N) is 3. The molecule has 32 heavy (non-hydrogen) atoms. The highest BCUT2D eigenvalue weighted by Gasteiger charge is 2.30. The van der Waals surface area contributed by atoms with Crippen molar-refractivity contribution < 1.29 is 18.7 Å². The van der Waals surface area contributed by atoms with E-state index in [-0.39, 0.29) is 36.6 Å². The number of likely N-dealkylation sites (tertiary alicyclic amines) is 1. The highest BCUT2D eigenvalue weighted by atomic mass is 19.1. The number of halogens is 1. The van der Waals surface area contributed by atoms with Gasteiger partial charge in [-0.2, -0.15) is 0 Å². The van der Waals surface area contributed by atoms with E-state index in [0.717, 1.165) is 45.4 Å². The number of carbonyl (C=O) groups is 2. The summed E-state index contributed by atoms with van der Waals surface area (Å²) >= 11 is 0. The first-order valence-corrected chi connectivity index (χ1v) is 11.5. The number of aromatic nitrogens is 1. The molecule has 0 bridgehead atoms. The van der Waals surface area contributed by atoms with Crippen LogP contribution in [0.25, 0.3) is 0 Å². The normalized spacial score (nSPS) is 25.7. The lowest BCUT2D eigenvalue weighted by Gasteiger charge is -2.36. The van der Waals surface area contributed by atoms with E-state index < -0.39 is 12.2 Å². The topological polar surface area (TPSA) is 95.9 Å². The Kier molecular flexibility index (Phi) is 7.54. The van der Waals surface area contributed by atoms with Crippen LogP contribution in [-0.4, -0.2) is 84.0 Å². The van der Waals surface area contributed by atoms with Gasteiger partial charge in [-0.05, 0) is 31.9 Å². The third-order valence-electron chi connectivity index (χ3n) is 6.51. The Labute approximate surface area is 186 Å². The molecule has 4 heterocycles. The van der Waals surface area contributed by atoms with E-state index >= 15 is 0 Å². The molecule has 10 heteroatoms. The number of ether oxygens (including phenoxy) is 1. The number of amides is 3. The van der Waals surface area contributed by atoms with Gasteiger partial charge in [0.15, 0.2) is 0 Å². The molecule has 4 rings (SSSR count). The van der Waals surface area contributed by atoms with Crippen molar-refractivity contribution in [1.82, 2.24) is 25.0 Å². The Morgan fingerprint density at radius 3 is 2.66 bits per heavy atom. The van der Waals surface area contributed by atoms with Gasteiger partial charge in [-0.25, -0.2) is 9.18 Å². The van der Waals surface area contributed by atoms with Gasteiger partial charge in [-0.15, -0.1) is 0 Å². The van der Waals surface area contributed by atoms with E-state index in [4.69, 9.17) is 4.74 Å². The maximum Gasteiger partial charge on any atom is 0.324 e. The van der Waals surface area contributed by atoms with E-state index in [1.165, 1.54) is 4.90 Å². The second-order valence-corrected chi connectivity index (χ2v) is 8.78. The molecule has 176 valence electrons. The van der Waals surface area contributed by atoms with Gasteiger partial charge in [0, 0.05) is 57.4 Å². The molecular weight excluding hydrogens is 417 g/mol. The molecule has 2 N–H and O–H groups in total. The van der Waals surface area contributed by atoms with Crippen LogP contribution in [0.15, 0.2) is 23.1 Å². The van der Waals surface area contributed by atoms with Gasteiger partial charge in [0.1, 0.15) is 6.17 Å². The molecule has 0 saturated carbocycles. The molecule has 3 amide bonds. The predicted molar refractivity (Wildman–Crippen MR) is 116 cm³/mol. The van der Waals surface area contributed by atoms with Gasteiger partial charge in [0.05, 0.1) is 18.8 Å². The Morgan fingerprint density at radius 2 is 1.91 bits per heavy atom. The molecule has 3 aliphatic heterocycles. The average Bonchev–Trinajstić information content (AvgIpc) is 2.78. The minimum absolute atomic E-state index is 0.0984. The summed E-state index contributed by atoms with van der Waals surface area (Å²) in [6.07, 6.45) is 3.34. The fourth-order valence-electron chi connectivity index (χ4n) is 4.55. The molecule has 3 fully saturated rings. The van der Waals surface area contributed by atoms with Crippen LogP contribution in [0, 0.1) is 0 Å². The van der Waals surface area contributed by atoms with Crippen LogP contribution < -0.4 is 16.2 Å². The summed E-state index contributed by atoms with van der Waals surface area (Å²) in [5, 5.41) is 5.33. The van der Waals surface area contributed by atoms with Crippen molar-refractivity contribution in [3.8, 4) is 0 Å². The smallest absolute Gasteiger partial charge is 0.324 e. The number of alkyl halides is 1. The lowest BCUT2D eigenvalue weighted by atomic mass is 10.0. The summed E-state index contributed by atoms with van der Waals surface area (Å²) in [5.41, 5.74) is 0.419. The van der Waals surface area contributed by atoms with Crippen LogP contribution in [0.1, 0.15) is 31.2 Å². The van der Waals surface area contributed by atoms with Crippen molar-refractivity contribution in [2.75, 3.05) is 39.3 Å². The second kappa shape index (κ2) is 10.5. The minimum atomic E-state index is -0.933. The van der Waals surface area contributed by atoms with Gasteiger partial charge in [-0.3, -0.25) is 14.9 Å². The number of urea groups is 1.